The van der Waals surface area contributed by atoms with Gasteiger partial charge >= 0.3 is 0 Å². The van der Waals surface area contributed by atoms with Crippen molar-refractivity contribution >= 4 is 11.3 Å². The number of likely N-dealkylation sites (tertiary alicyclic amines) is 1. The molecule has 1 saturated heterocycles. The van der Waals surface area contributed by atoms with E-state index in [-0.39, 0.29) is 0 Å². The summed E-state index contributed by atoms with van der Waals surface area (Å²) in [6, 6.07) is 2.03. The minimum absolute atomic E-state index is 0.358. The summed E-state index contributed by atoms with van der Waals surface area (Å²) in [6.45, 7) is 1.56. The van der Waals surface area contributed by atoms with Gasteiger partial charge in [-0.05, 0) is 22.4 Å². The third-order valence-electron chi connectivity index (χ3n) is 2.28. The first-order valence-corrected chi connectivity index (χ1v) is 5.25. The number of hydrogen-bond acceptors (Lipinski definition) is 3. The Morgan fingerprint density at radius 1 is 1.62 bits per heavy atom. The maximum absolute atomic E-state index is 12.9. The molecule has 1 fully saturated rings. The number of β-amino-alcohol motifs (C(OH)–C–C–N with tert-alkyl or cyclic N) is 1. The van der Waals surface area contributed by atoms with E-state index in [4.69, 9.17) is 0 Å². The minimum Gasteiger partial charge on any atom is -0.389 e. The lowest BCUT2D eigenvalue weighted by atomic mass is 10.3. The van der Waals surface area contributed by atoms with Crippen LogP contribution in [0.4, 0.5) is 4.39 Å². The molecule has 0 bridgehead atoms. The van der Waals surface area contributed by atoms with E-state index in [2.05, 4.69) is 5.38 Å². The van der Waals surface area contributed by atoms with E-state index in [1.165, 1.54) is 5.56 Å². The fourth-order valence-corrected chi connectivity index (χ4v) is 2.25. The number of aliphatic hydroxyl groups excluding tert-OH is 1. The number of aliphatic hydroxyl groups is 1. The van der Waals surface area contributed by atoms with Crippen molar-refractivity contribution in [2.75, 3.05) is 13.1 Å². The van der Waals surface area contributed by atoms with Crippen LogP contribution in [0.3, 0.4) is 0 Å². The van der Waals surface area contributed by atoms with Crippen LogP contribution in [0, 0.1) is 0 Å². The fraction of sp³-hybridized carbons (Fsp3) is 0.556. The predicted octanol–water partition coefficient (Wildman–Crippen LogP) is 1.26. The molecule has 0 aliphatic carbocycles. The van der Waals surface area contributed by atoms with E-state index in [0.29, 0.717) is 13.1 Å². The first kappa shape index (κ1) is 9.12. The molecule has 1 aromatic heterocycles. The lowest BCUT2D eigenvalue weighted by molar-refractivity contribution is 0.115. The Hall–Kier alpha value is -0.450. The van der Waals surface area contributed by atoms with E-state index in [9.17, 15) is 9.50 Å². The van der Waals surface area contributed by atoms with Crippen molar-refractivity contribution in [1.29, 1.82) is 0 Å². The van der Waals surface area contributed by atoms with Crippen LogP contribution in [-0.4, -0.2) is 35.4 Å². The van der Waals surface area contributed by atoms with Gasteiger partial charge in [0.25, 0.3) is 0 Å². The van der Waals surface area contributed by atoms with Gasteiger partial charge < -0.3 is 5.11 Å². The highest BCUT2D eigenvalue weighted by Crippen LogP contribution is 2.17. The molecule has 0 spiro atoms. The molecule has 2 nitrogen and oxygen atoms in total. The number of hydrogen-bond donors (Lipinski definition) is 1. The molecule has 0 unspecified atom stereocenters. The first-order valence-electron chi connectivity index (χ1n) is 4.31. The maximum Gasteiger partial charge on any atom is 0.140 e. The van der Waals surface area contributed by atoms with Crippen molar-refractivity contribution in [3.63, 3.8) is 0 Å². The van der Waals surface area contributed by atoms with Crippen molar-refractivity contribution in [3.8, 4) is 0 Å². The Bertz CT molecular complexity index is 255. The fourth-order valence-electron chi connectivity index (χ4n) is 1.59. The molecule has 4 heteroatoms. The molecule has 2 rings (SSSR count). The normalized spacial score (nSPS) is 29.7. The second-order valence-electron chi connectivity index (χ2n) is 3.41. The standard InChI is InChI=1S/C9H12FNOS/c10-8-4-11(5-9(8)12)3-7-1-2-13-6-7/h1-2,6,8-9,12H,3-5H2/t8-,9-/m0/s1. The zero-order valence-electron chi connectivity index (χ0n) is 7.19. The maximum atomic E-state index is 12.9. The number of halogens is 1. The Kier molecular flexibility index (Phi) is 2.62. The average Bonchev–Trinajstić information content (AvgIpc) is 2.64. The summed E-state index contributed by atoms with van der Waals surface area (Å²) in [7, 11) is 0. The number of alkyl halides is 1. The van der Waals surface area contributed by atoms with Gasteiger partial charge in [0.05, 0.1) is 6.10 Å². The number of nitrogens with zero attached hydrogens (tertiary/aromatic N) is 1. The van der Waals surface area contributed by atoms with Gasteiger partial charge in [-0.15, -0.1) is 0 Å². The largest absolute Gasteiger partial charge is 0.389 e. The van der Waals surface area contributed by atoms with Crippen molar-refractivity contribution in [2.24, 2.45) is 0 Å². The van der Waals surface area contributed by atoms with Crippen LogP contribution in [0.5, 0.6) is 0 Å². The summed E-state index contributed by atoms with van der Waals surface area (Å²) < 4.78 is 12.9. The van der Waals surface area contributed by atoms with Crippen molar-refractivity contribution in [2.45, 2.75) is 18.8 Å². The zero-order chi connectivity index (χ0) is 9.26. The van der Waals surface area contributed by atoms with Gasteiger partial charge in [0.2, 0.25) is 0 Å². The molecule has 1 aliphatic heterocycles. The number of thiophene rings is 1. The molecule has 0 radical (unpaired) electrons. The van der Waals surface area contributed by atoms with Gasteiger partial charge in [0.15, 0.2) is 0 Å². The van der Waals surface area contributed by atoms with Crippen LogP contribution < -0.4 is 0 Å². The molecule has 1 N–H and O–H groups in total. The Morgan fingerprint density at radius 2 is 2.46 bits per heavy atom. The van der Waals surface area contributed by atoms with Crippen molar-refractivity contribution in [1.82, 2.24) is 4.90 Å². The van der Waals surface area contributed by atoms with Crippen LogP contribution in [0.25, 0.3) is 0 Å². The highest BCUT2D eigenvalue weighted by Gasteiger charge is 2.30. The van der Waals surface area contributed by atoms with E-state index >= 15 is 0 Å². The predicted molar refractivity (Wildman–Crippen MR) is 50.5 cm³/mol. The first-order chi connectivity index (χ1) is 6.25. The molecule has 0 saturated carbocycles. The van der Waals surface area contributed by atoms with Crippen molar-refractivity contribution < 1.29 is 9.50 Å². The average molecular weight is 201 g/mol. The number of rotatable bonds is 2. The molecule has 2 atom stereocenters. The third-order valence-corrected chi connectivity index (χ3v) is 3.01. The van der Waals surface area contributed by atoms with Gasteiger partial charge in [0, 0.05) is 19.6 Å². The molecule has 0 amide bonds. The lowest BCUT2D eigenvalue weighted by Gasteiger charge is -2.12. The van der Waals surface area contributed by atoms with E-state index in [1.807, 2.05) is 16.3 Å². The van der Waals surface area contributed by atoms with Crippen molar-refractivity contribution in [3.05, 3.63) is 22.4 Å². The SMILES string of the molecule is O[C@H]1CN(Cc2ccsc2)C[C@@H]1F. The molecular weight excluding hydrogens is 189 g/mol. The van der Waals surface area contributed by atoms with Gasteiger partial charge in [-0.25, -0.2) is 4.39 Å². The summed E-state index contributed by atoms with van der Waals surface area (Å²) in [5.41, 5.74) is 1.20. The summed E-state index contributed by atoms with van der Waals surface area (Å²) in [4.78, 5) is 1.94. The van der Waals surface area contributed by atoms with Gasteiger partial charge in [-0.3, -0.25) is 4.90 Å². The zero-order valence-corrected chi connectivity index (χ0v) is 8.01. The smallest absolute Gasteiger partial charge is 0.140 e. The molecule has 1 aromatic rings. The quantitative estimate of drug-likeness (QED) is 0.778. The molecule has 0 aromatic carbocycles. The van der Waals surface area contributed by atoms with Gasteiger partial charge in [-0.2, -0.15) is 11.3 Å². The second kappa shape index (κ2) is 3.74. The second-order valence-corrected chi connectivity index (χ2v) is 4.19. The topological polar surface area (TPSA) is 23.5 Å². The summed E-state index contributed by atoms with van der Waals surface area (Å²) in [6.07, 6.45) is -1.86. The minimum atomic E-state index is -1.07. The van der Waals surface area contributed by atoms with E-state index in [0.717, 1.165) is 6.54 Å². The van der Waals surface area contributed by atoms with Crippen LogP contribution in [0.15, 0.2) is 16.8 Å². The summed E-state index contributed by atoms with van der Waals surface area (Å²) in [5.74, 6) is 0. The molecule has 1 aliphatic rings. The van der Waals surface area contributed by atoms with Gasteiger partial charge in [0.1, 0.15) is 6.17 Å². The van der Waals surface area contributed by atoms with Crippen LogP contribution in [0.2, 0.25) is 0 Å². The monoisotopic (exact) mass is 201 g/mol. The van der Waals surface area contributed by atoms with Crippen LogP contribution in [-0.2, 0) is 6.54 Å². The van der Waals surface area contributed by atoms with Gasteiger partial charge in [-0.1, -0.05) is 0 Å². The Balaban J connectivity index is 1.91. The molecule has 13 heavy (non-hydrogen) atoms. The van der Waals surface area contributed by atoms with Crippen LogP contribution in [0.1, 0.15) is 5.56 Å². The molecule has 72 valence electrons. The Labute approximate surface area is 80.6 Å². The third kappa shape index (κ3) is 2.07. The highest BCUT2D eigenvalue weighted by atomic mass is 32.1. The highest BCUT2D eigenvalue weighted by molar-refractivity contribution is 7.07. The molecular formula is C9H12FNOS. The van der Waals surface area contributed by atoms with E-state index in [1.54, 1.807) is 11.3 Å². The summed E-state index contributed by atoms with van der Waals surface area (Å²) >= 11 is 1.64. The summed E-state index contributed by atoms with van der Waals surface area (Å²) in [5, 5.41) is 13.2. The lowest BCUT2D eigenvalue weighted by Crippen LogP contribution is -2.21. The van der Waals surface area contributed by atoms with Crippen LogP contribution >= 0.6 is 11.3 Å². The van der Waals surface area contributed by atoms with E-state index < -0.39 is 12.3 Å². The molecule has 2 heterocycles. The Morgan fingerprint density at radius 3 is 3.00 bits per heavy atom.